The Hall–Kier alpha value is -1.66. The quantitative estimate of drug-likeness (QED) is 0.735. The molecule has 0 aliphatic heterocycles. The first-order valence-electron chi connectivity index (χ1n) is 6.98. The van der Waals surface area contributed by atoms with Gasteiger partial charge in [0.1, 0.15) is 6.26 Å². The molecule has 0 N–H and O–H groups in total. The van der Waals surface area contributed by atoms with Crippen molar-refractivity contribution < 1.29 is 13.9 Å². The number of rotatable bonds is 7. The van der Waals surface area contributed by atoms with E-state index >= 15 is 0 Å². The maximum atomic E-state index is 11.6. The zero-order valence-corrected chi connectivity index (χ0v) is 13.4. The van der Waals surface area contributed by atoms with Gasteiger partial charge in [0.25, 0.3) is 0 Å². The minimum Gasteiger partial charge on any atom is -0.465 e. The molecule has 2 rings (SSSR count). The second kappa shape index (κ2) is 7.38. The number of nitrogens with zero attached hydrogens (tertiary/aromatic N) is 2. The van der Waals surface area contributed by atoms with Gasteiger partial charge in [0, 0.05) is 12.6 Å². The highest BCUT2D eigenvalue weighted by Gasteiger charge is 2.17. The first kappa shape index (κ1) is 15.7. The van der Waals surface area contributed by atoms with Crippen LogP contribution in [0, 0.1) is 0 Å². The van der Waals surface area contributed by atoms with Crippen molar-refractivity contribution in [1.82, 2.24) is 9.88 Å². The summed E-state index contributed by atoms with van der Waals surface area (Å²) in [5, 5.41) is 1.99. The van der Waals surface area contributed by atoms with E-state index in [4.69, 9.17) is 9.15 Å². The third kappa shape index (κ3) is 4.41. The lowest BCUT2D eigenvalue weighted by molar-refractivity contribution is -0.145. The summed E-state index contributed by atoms with van der Waals surface area (Å²) in [6.45, 7) is 7.11. The molecule has 114 valence electrons. The number of carbonyl (C=O) groups is 1. The normalized spacial score (nSPS) is 11.3. The van der Waals surface area contributed by atoms with E-state index in [1.165, 1.54) is 0 Å². The third-order valence-corrected chi connectivity index (χ3v) is 3.87. The van der Waals surface area contributed by atoms with Crippen molar-refractivity contribution in [3.8, 4) is 10.8 Å². The third-order valence-electron chi connectivity index (χ3n) is 3.02. The van der Waals surface area contributed by atoms with E-state index in [0.29, 0.717) is 19.0 Å². The van der Waals surface area contributed by atoms with E-state index < -0.39 is 0 Å². The van der Waals surface area contributed by atoms with E-state index in [9.17, 15) is 4.79 Å². The lowest BCUT2D eigenvalue weighted by Crippen LogP contribution is -2.36. The minimum absolute atomic E-state index is 0.215. The molecule has 0 aliphatic carbocycles. The number of thiophene rings is 1. The lowest BCUT2D eigenvalue weighted by atomic mass is 10.3. The number of hydrogen-bond donors (Lipinski definition) is 0. The van der Waals surface area contributed by atoms with Gasteiger partial charge in [-0.25, -0.2) is 4.98 Å². The molecule has 0 saturated carbocycles. The summed E-state index contributed by atoms with van der Waals surface area (Å²) in [6, 6.07) is 4.15. The lowest BCUT2D eigenvalue weighted by Gasteiger charge is -2.24. The first-order valence-corrected chi connectivity index (χ1v) is 7.86. The molecule has 0 atom stereocenters. The van der Waals surface area contributed by atoms with Gasteiger partial charge in [-0.15, -0.1) is 11.3 Å². The SMILES string of the molecule is CCOC(=O)CN(Cc1coc(-c2cccs2)n1)C(C)C. The molecular formula is C15H20N2O3S. The van der Waals surface area contributed by atoms with Crippen LogP contribution in [0.1, 0.15) is 26.5 Å². The Morgan fingerprint density at radius 3 is 2.95 bits per heavy atom. The highest BCUT2D eigenvalue weighted by Crippen LogP contribution is 2.24. The van der Waals surface area contributed by atoms with Gasteiger partial charge < -0.3 is 9.15 Å². The Labute approximate surface area is 128 Å². The number of ether oxygens (including phenoxy) is 1. The summed E-state index contributed by atoms with van der Waals surface area (Å²) < 4.78 is 10.5. The molecule has 6 heteroatoms. The van der Waals surface area contributed by atoms with Crippen molar-refractivity contribution in [2.24, 2.45) is 0 Å². The van der Waals surface area contributed by atoms with Crippen molar-refractivity contribution in [3.05, 3.63) is 29.5 Å². The largest absolute Gasteiger partial charge is 0.465 e. The van der Waals surface area contributed by atoms with Crippen molar-refractivity contribution >= 4 is 17.3 Å². The fourth-order valence-electron chi connectivity index (χ4n) is 1.89. The van der Waals surface area contributed by atoms with Gasteiger partial charge in [-0.1, -0.05) is 6.07 Å². The summed E-state index contributed by atoms with van der Waals surface area (Å²) in [7, 11) is 0. The second-order valence-corrected chi connectivity index (χ2v) is 5.87. The van der Waals surface area contributed by atoms with Crippen LogP contribution >= 0.6 is 11.3 Å². The van der Waals surface area contributed by atoms with E-state index in [2.05, 4.69) is 4.98 Å². The first-order chi connectivity index (χ1) is 10.1. The van der Waals surface area contributed by atoms with E-state index in [1.54, 1.807) is 17.6 Å². The molecule has 0 aliphatic rings. The number of carbonyl (C=O) groups excluding carboxylic acids is 1. The maximum absolute atomic E-state index is 11.6. The Morgan fingerprint density at radius 1 is 1.52 bits per heavy atom. The van der Waals surface area contributed by atoms with Crippen LogP contribution in [0.2, 0.25) is 0 Å². The Morgan fingerprint density at radius 2 is 2.33 bits per heavy atom. The molecule has 21 heavy (non-hydrogen) atoms. The van der Waals surface area contributed by atoms with Crippen LogP contribution in [0.25, 0.3) is 10.8 Å². The highest BCUT2D eigenvalue weighted by molar-refractivity contribution is 7.13. The topological polar surface area (TPSA) is 55.6 Å². The number of esters is 1. The average molecular weight is 308 g/mol. The van der Waals surface area contributed by atoms with Gasteiger partial charge in [0.15, 0.2) is 0 Å². The summed E-state index contributed by atoms with van der Waals surface area (Å²) in [6.07, 6.45) is 1.65. The summed E-state index contributed by atoms with van der Waals surface area (Å²) >= 11 is 1.59. The summed E-state index contributed by atoms with van der Waals surface area (Å²) in [4.78, 5) is 19.1. The van der Waals surface area contributed by atoms with Gasteiger partial charge in [0.2, 0.25) is 5.89 Å². The zero-order valence-electron chi connectivity index (χ0n) is 12.5. The van der Waals surface area contributed by atoms with Crippen LogP contribution in [-0.2, 0) is 16.1 Å². The molecular weight excluding hydrogens is 288 g/mol. The molecule has 2 aromatic heterocycles. The molecule has 0 bridgehead atoms. The molecule has 0 amide bonds. The zero-order chi connectivity index (χ0) is 15.2. The van der Waals surface area contributed by atoms with Gasteiger partial charge in [-0.3, -0.25) is 9.69 Å². The second-order valence-electron chi connectivity index (χ2n) is 4.93. The number of oxazole rings is 1. The van der Waals surface area contributed by atoms with Crippen LogP contribution in [0.5, 0.6) is 0 Å². The maximum Gasteiger partial charge on any atom is 0.320 e. The smallest absolute Gasteiger partial charge is 0.320 e. The average Bonchev–Trinajstić information content (AvgIpc) is 3.08. The van der Waals surface area contributed by atoms with Gasteiger partial charge >= 0.3 is 5.97 Å². The van der Waals surface area contributed by atoms with Crippen molar-refractivity contribution in [3.63, 3.8) is 0 Å². The molecule has 0 unspecified atom stereocenters. The van der Waals surface area contributed by atoms with Crippen LogP contribution < -0.4 is 0 Å². The summed E-state index contributed by atoms with van der Waals surface area (Å²) in [5.41, 5.74) is 0.816. The highest BCUT2D eigenvalue weighted by atomic mass is 32.1. The van der Waals surface area contributed by atoms with E-state index in [-0.39, 0.29) is 18.6 Å². The Bertz CT molecular complexity index is 563. The van der Waals surface area contributed by atoms with E-state index in [0.717, 1.165) is 10.6 Å². The van der Waals surface area contributed by atoms with Crippen LogP contribution in [-0.4, -0.2) is 35.0 Å². The monoisotopic (exact) mass is 308 g/mol. The van der Waals surface area contributed by atoms with Crippen molar-refractivity contribution in [2.45, 2.75) is 33.4 Å². The Balaban J connectivity index is 2.02. The van der Waals surface area contributed by atoms with E-state index in [1.807, 2.05) is 43.2 Å². The minimum atomic E-state index is -0.215. The molecule has 0 radical (unpaired) electrons. The predicted molar refractivity (Wildman–Crippen MR) is 82.0 cm³/mol. The molecule has 2 aromatic rings. The van der Waals surface area contributed by atoms with Gasteiger partial charge in [-0.2, -0.15) is 0 Å². The summed E-state index contributed by atoms with van der Waals surface area (Å²) in [5.74, 6) is 0.410. The molecule has 0 spiro atoms. The molecule has 0 saturated heterocycles. The number of aromatic nitrogens is 1. The van der Waals surface area contributed by atoms with Crippen LogP contribution in [0.15, 0.2) is 28.2 Å². The standard InChI is InChI=1S/C15H20N2O3S/c1-4-19-14(18)9-17(11(2)3)8-12-10-20-15(16-12)13-6-5-7-21-13/h5-7,10-11H,4,8-9H2,1-3H3. The predicted octanol–water partition coefficient (Wildman–Crippen LogP) is 3.18. The van der Waals surface area contributed by atoms with Gasteiger partial charge in [0.05, 0.1) is 23.7 Å². The van der Waals surface area contributed by atoms with Crippen molar-refractivity contribution in [1.29, 1.82) is 0 Å². The number of hydrogen-bond acceptors (Lipinski definition) is 6. The van der Waals surface area contributed by atoms with Gasteiger partial charge in [-0.05, 0) is 32.2 Å². The molecule has 5 nitrogen and oxygen atoms in total. The van der Waals surface area contributed by atoms with Crippen LogP contribution in [0.4, 0.5) is 0 Å². The Kier molecular flexibility index (Phi) is 5.52. The van der Waals surface area contributed by atoms with Crippen LogP contribution in [0.3, 0.4) is 0 Å². The molecule has 0 aromatic carbocycles. The fraction of sp³-hybridized carbons (Fsp3) is 0.467. The fourth-order valence-corrected chi connectivity index (χ4v) is 2.55. The molecule has 0 fully saturated rings. The molecule has 2 heterocycles. The van der Waals surface area contributed by atoms with Crippen molar-refractivity contribution in [2.75, 3.05) is 13.2 Å².